The highest BCUT2D eigenvalue weighted by molar-refractivity contribution is 7.26. The van der Waals surface area contributed by atoms with Crippen LogP contribution in [0.25, 0.3) is 77.0 Å². The third kappa shape index (κ3) is 3.74. The fourth-order valence-electron chi connectivity index (χ4n) is 5.93. The topological polar surface area (TPSA) is 0 Å². The third-order valence-corrected chi connectivity index (χ3v) is 8.82. The maximum Gasteiger partial charge on any atom is 0.0434 e. The van der Waals surface area contributed by atoms with E-state index < -0.39 is 0 Å². The Morgan fingerprint density at radius 3 is 1.87 bits per heavy atom. The van der Waals surface area contributed by atoms with E-state index in [0.29, 0.717) is 0 Å². The summed E-state index contributed by atoms with van der Waals surface area (Å²) in [5.41, 5.74) is 7.22. The number of allylic oxidation sites excluding steroid dienone is 1. The first-order valence-electron chi connectivity index (χ1n) is 13.2. The molecule has 7 aromatic rings. The van der Waals surface area contributed by atoms with Crippen molar-refractivity contribution >= 4 is 54.9 Å². The van der Waals surface area contributed by atoms with E-state index in [1.165, 1.54) is 64.3 Å². The number of hydrogen-bond donors (Lipinski definition) is 0. The molecule has 0 nitrogen and oxygen atoms in total. The van der Waals surface area contributed by atoms with Gasteiger partial charge in [0.25, 0.3) is 0 Å². The van der Waals surface area contributed by atoms with Gasteiger partial charge in [0.05, 0.1) is 0 Å². The minimum absolute atomic E-state index is 1.02. The van der Waals surface area contributed by atoms with E-state index in [-0.39, 0.29) is 0 Å². The summed E-state index contributed by atoms with van der Waals surface area (Å²) < 4.78 is 2.61. The molecule has 39 heavy (non-hydrogen) atoms. The first kappa shape index (κ1) is 23.4. The SMILES string of the molecule is C=C/C=c1/c(-c2cccc3c2sc2ccccc23)c2ccccc2c(-c2ccccc2-c2ccccc2)c1=C. The van der Waals surface area contributed by atoms with Crippen LogP contribution in [0.3, 0.4) is 0 Å². The maximum atomic E-state index is 4.73. The lowest BCUT2D eigenvalue weighted by atomic mass is 9.85. The zero-order valence-electron chi connectivity index (χ0n) is 21.5. The maximum absolute atomic E-state index is 4.73. The van der Waals surface area contributed by atoms with Crippen molar-refractivity contribution in [3.8, 4) is 33.4 Å². The predicted molar refractivity (Wildman–Crippen MR) is 173 cm³/mol. The Balaban J connectivity index is 1.64. The van der Waals surface area contributed by atoms with Crippen molar-refractivity contribution in [3.05, 3.63) is 144 Å². The van der Waals surface area contributed by atoms with Gasteiger partial charge in [-0.2, -0.15) is 0 Å². The predicted octanol–water partition coefficient (Wildman–Crippen LogP) is 9.59. The molecular weight excluding hydrogens is 488 g/mol. The Labute approximate surface area is 232 Å². The van der Waals surface area contributed by atoms with E-state index in [9.17, 15) is 0 Å². The fourth-order valence-corrected chi connectivity index (χ4v) is 7.15. The van der Waals surface area contributed by atoms with Crippen LogP contribution in [0.1, 0.15) is 0 Å². The molecule has 0 amide bonds. The van der Waals surface area contributed by atoms with Crippen molar-refractivity contribution in [2.75, 3.05) is 0 Å². The second kappa shape index (κ2) is 9.54. The van der Waals surface area contributed by atoms with Crippen LogP contribution in [-0.4, -0.2) is 0 Å². The average molecular weight is 515 g/mol. The van der Waals surface area contributed by atoms with E-state index in [4.69, 9.17) is 6.58 Å². The molecule has 0 radical (unpaired) electrons. The van der Waals surface area contributed by atoms with Crippen LogP contribution >= 0.6 is 11.3 Å². The molecule has 7 rings (SSSR count). The molecule has 0 N–H and O–H groups in total. The molecule has 0 saturated carbocycles. The smallest absolute Gasteiger partial charge is 0.0434 e. The Morgan fingerprint density at radius 2 is 1.10 bits per heavy atom. The Bertz CT molecular complexity index is 2150. The van der Waals surface area contributed by atoms with Crippen LogP contribution in [0.4, 0.5) is 0 Å². The molecule has 0 aliphatic rings. The second-order valence-corrected chi connectivity index (χ2v) is 10.8. The van der Waals surface area contributed by atoms with Gasteiger partial charge >= 0.3 is 0 Å². The van der Waals surface area contributed by atoms with E-state index in [0.717, 1.165) is 10.4 Å². The molecule has 1 heteroatoms. The molecule has 1 heterocycles. The molecule has 0 unspecified atom stereocenters. The lowest BCUT2D eigenvalue weighted by molar-refractivity contribution is 1.53. The molecule has 0 saturated heterocycles. The highest BCUT2D eigenvalue weighted by Gasteiger charge is 2.18. The summed E-state index contributed by atoms with van der Waals surface area (Å²) in [6.45, 7) is 8.83. The van der Waals surface area contributed by atoms with Gasteiger partial charge in [0.1, 0.15) is 0 Å². The standard InChI is InChI=1S/C38H26S/c1-3-14-27-25(2)36(30-19-8-7-17-28(30)26-15-5-4-6-16-26)31-20-9-10-21-32(31)37(27)34-23-13-22-33-29-18-11-12-24-35(29)39-38(33)34/h3-24H,1-2H2/b27-14+. The minimum Gasteiger partial charge on any atom is -0.135 e. The molecule has 0 aliphatic carbocycles. The number of benzene rings is 6. The molecule has 0 spiro atoms. The summed E-state index contributed by atoms with van der Waals surface area (Å²) in [7, 11) is 0. The van der Waals surface area contributed by atoms with Crippen LogP contribution in [0.15, 0.2) is 134 Å². The minimum atomic E-state index is 1.02. The van der Waals surface area contributed by atoms with Crippen molar-refractivity contribution in [1.29, 1.82) is 0 Å². The van der Waals surface area contributed by atoms with Crippen LogP contribution < -0.4 is 10.4 Å². The Kier molecular flexibility index (Phi) is 5.73. The van der Waals surface area contributed by atoms with Crippen LogP contribution in [0, 0.1) is 0 Å². The van der Waals surface area contributed by atoms with Gasteiger partial charge in [-0.15, -0.1) is 11.3 Å². The average Bonchev–Trinajstić information content (AvgIpc) is 3.38. The number of thiophene rings is 1. The van der Waals surface area contributed by atoms with Crippen molar-refractivity contribution in [2.45, 2.75) is 0 Å². The first-order valence-corrected chi connectivity index (χ1v) is 14.0. The highest BCUT2D eigenvalue weighted by atomic mass is 32.1. The monoisotopic (exact) mass is 514 g/mol. The Hall–Kier alpha value is -4.72. The summed E-state index contributed by atoms with van der Waals surface area (Å²) in [5, 5.41) is 7.17. The highest BCUT2D eigenvalue weighted by Crippen LogP contribution is 2.42. The van der Waals surface area contributed by atoms with Gasteiger partial charge in [-0.05, 0) is 55.1 Å². The van der Waals surface area contributed by atoms with Crippen LogP contribution in [0.5, 0.6) is 0 Å². The fraction of sp³-hybridized carbons (Fsp3) is 0. The summed E-state index contributed by atoms with van der Waals surface area (Å²) in [5.74, 6) is 0. The summed E-state index contributed by atoms with van der Waals surface area (Å²) in [6.07, 6.45) is 4.02. The quantitative estimate of drug-likeness (QED) is 0.219. The first-order chi connectivity index (χ1) is 19.3. The van der Waals surface area contributed by atoms with Gasteiger partial charge in [-0.3, -0.25) is 0 Å². The van der Waals surface area contributed by atoms with Gasteiger partial charge in [0.15, 0.2) is 0 Å². The van der Waals surface area contributed by atoms with Crippen molar-refractivity contribution in [2.24, 2.45) is 0 Å². The van der Waals surface area contributed by atoms with Crippen LogP contribution in [-0.2, 0) is 0 Å². The molecule has 1 aromatic heterocycles. The van der Waals surface area contributed by atoms with Gasteiger partial charge in [-0.1, -0.05) is 141 Å². The molecule has 0 fully saturated rings. The molecule has 6 aromatic carbocycles. The number of hydrogen-bond acceptors (Lipinski definition) is 1. The molecule has 0 aliphatic heterocycles. The number of fused-ring (bicyclic) bond motifs is 4. The van der Waals surface area contributed by atoms with Crippen molar-refractivity contribution < 1.29 is 0 Å². The largest absolute Gasteiger partial charge is 0.135 e. The summed E-state index contributed by atoms with van der Waals surface area (Å²) >= 11 is 1.86. The van der Waals surface area contributed by atoms with Gasteiger partial charge < -0.3 is 0 Å². The van der Waals surface area contributed by atoms with Gasteiger partial charge in [-0.25, -0.2) is 0 Å². The normalized spacial score (nSPS) is 11.9. The zero-order chi connectivity index (χ0) is 26.3. The van der Waals surface area contributed by atoms with Gasteiger partial charge in [0.2, 0.25) is 0 Å². The second-order valence-electron chi connectivity index (χ2n) is 9.78. The van der Waals surface area contributed by atoms with Crippen molar-refractivity contribution in [1.82, 2.24) is 0 Å². The van der Waals surface area contributed by atoms with Gasteiger partial charge in [0, 0.05) is 25.7 Å². The van der Waals surface area contributed by atoms with Crippen LogP contribution in [0.2, 0.25) is 0 Å². The zero-order valence-corrected chi connectivity index (χ0v) is 22.3. The molecular formula is C38H26S. The molecule has 0 bridgehead atoms. The molecule has 0 atom stereocenters. The van der Waals surface area contributed by atoms with E-state index in [1.807, 2.05) is 17.4 Å². The third-order valence-electron chi connectivity index (χ3n) is 7.60. The number of rotatable bonds is 4. The molecule has 184 valence electrons. The van der Waals surface area contributed by atoms with E-state index in [2.05, 4.69) is 134 Å². The lowest BCUT2D eigenvalue weighted by Gasteiger charge is -2.18. The van der Waals surface area contributed by atoms with E-state index >= 15 is 0 Å². The lowest BCUT2D eigenvalue weighted by Crippen LogP contribution is -2.28. The van der Waals surface area contributed by atoms with E-state index in [1.54, 1.807) is 0 Å². The summed E-state index contributed by atoms with van der Waals surface area (Å²) in [6, 6.07) is 43.4. The van der Waals surface area contributed by atoms with Crippen molar-refractivity contribution in [3.63, 3.8) is 0 Å². The summed E-state index contributed by atoms with van der Waals surface area (Å²) in [4.78, 5) is 0. The Morgan fingerprint density at radius 1 is 0.513 bits per heavy atom.